The second-order valence-electron chi connectivity index (χ2n) is 7.09. The van der Waals surface area contributed by atoms with Crippen molar-refractivity contribution in [3.8, 4) is 0 Å². The topological polar surface area (TPSA) is 41.6 Å². The van der Waals surface area contributed by atoms with Crippen LogP contribution in [0.4, 0.5) is 10.5 Å². The van der Waals surface area contributed by atoms with Crippen molar-refractivity contribution in [3.05, 3.63) is 28.8 Å². The fourth-order valence-corrected chi connectivity index (χ4v) is 3.31. The average Bonchev–Trinajstić information content (AvgIpc) is 2.52. The second kappa shape index (κ2) is 6.65. The molecule has 0 aliphatic carbocycles. The zero-order chi connectivity index (χ0) is 17.4. The Hall–Kier alpha value is -1.33. The Labute approximate surface area is 148 Å². The molecule has 0 bridgehead atoms. The van der Waals surface area contributed by atoms with Crippen molar-refractivity contribution < 1.29 is 9.53 Å². The molecular weight excluding hydrogens is 332 g/mol. The number of fused-ring (bicyclic) bond motifs is 1. The van der Waals surface area contributed by atoms with Gasteiger partial charge in [-0.15, -0.1) is 0 Å². The number of rotatable bonds is 1. The van der Waals surface area contributed by atoms with E-state index in [-0.39, 0.29) is 18.1 Å². The fourth-order valence-electron chi connectivity index (χ4n) is 2.61. The largest absolute Gasteiger partial charge is 0.444 e. The smallest absolute Gasteiger partial charge is 0.411 e. The Morgan fingerprint density at radius 3 is 2.65 bits per heavy atom. The summed E-state index contributed by atoms with van der Waals surface area (Å²) in [7, 11) is 0. The van der Waals surface area contributed by atoms with Gasteiger partial charge in [0.15, 0.2) is 0 Å². The summed E-state index contributed by atoms with van der Waals surface area (Å²) in [6.45, 7) is 10.1. The number of anilines is 1. The maximum absolute atomic E-state index is 12.7. The lowest BCUT2D eigenvalue weighted by molar-refractivity contribution is 0.0165. The zero-order valence-corrected chi connectivity index (χ0v) is 15.7. The summed E-state index contributed by atoms with van der Waals surface area (Å²) in [5.41, 5.74) is 1.25. The van der Waals surface area contributed by atoms with Crippen molar-refractivity contribution in [1.29, 1.82) is 0 Å². The van der Waals surface area contributed by atoms with Gasteiger partial charge in [0.25, 0.3) is 0 Å². The van der Waals surface area contributed by atoms with E-state index >= 15 is 0 Å². The van der Waals surface area contributed by atoms with Crippen LogP contribution in [-0.4, -0.2) is 27.6 Å². The van der Waals surface area contributed by atoms with Crippen molar-refractivity contribution in [1.82, 2.24) is 4.90 Å². The summed E-state index contributed by atoms with van der Waals surface area (Å²) in [6.07, 6.45) is -0.367. The molecule has 1 atom stereocenters. The lowest BCUT2D eigenvalue weighted by Gasteiger charge is -2.34. The number of halogens is 1. The van der Waals surface area contributed by atoms with E-state index in [4.69, 9.17) is 28.6 Å². The first-order valence-electron chi connectivity index (χ1n) is 7.67. The molecule has 4 nitrogen and oxygen atoms in total. The number of ether oxygens (including phenoxy) is 1. The molecule has 0 spiro atoms. The minimum absolute atomic E-state index is 0.160. The summed E-state index contributed by atoms with van der Waals surface area (Å²) in [4.78, 5) is 15.0. The molecule has 1 aromatic rings. The van der Waals surface area contributed by atoms with Gasteiger partial charge in [-0.25, -0.2) is 4.79 Å². The molecule has 0 saturated heterocycles. The highest BCUT2D eigenvalue weighted by Gasteiger charge is 2.35. The fraction of sp³-hybridized carbons (Fsp3) is 0.529. The Morgan fingerprint density at radius 2 is 2.09 bits per heavy atom. The van der Waals surface area contributed by atoms with Crippen LogP contribution in [0.2, 0.25) is 5.02 Å². The van der Waals surface area contributed by atoms with Gasteiger partial charge in [-0.3, -0.25) is 4.90 Å². The molecule has 1 unspecified atom stereocenters. The van der Waals surface area contributed by atoms with E-state index in [0.29, 0.717) is 16.6 Å². The van der Waals surface area contributed by atoms with E-state index in [9.17, 15) is 4.79 Å². The Balaban J connectivity index is 2.42. The molecule has 1 aromatic carbocycles. The third-order valence-corrected chi connectivity index (χ3v) is 4.11. The van der Waals surface area contributed by atoms with Crippen molar-refractivity contribution in [2.24, 2.45) is 5.92 Å². The van der Waals surface area contributed by atoms with Gasteiger partial charge in [-0.2, -0.15) is 0 Å². The maximum atomic E-state index is 12.7. The quantitative estimate of drug-likeness (QED) is 0.731. The van der Waals surface area contributed by atoms with Crippen molar-refractivity contribution in [3.63, 3.8) is 0 Å². The van der Waals surface area contributed by atoms with Gasteiger partial charge in [0.2, 0.25) is 0 Å². The van der Waals surface area contributed by atoms with Crippen LogP contribution in [-0.2, 0) is 11.3 Å². The minimum atomic E-state index is -0.558. The van der Waals surface area contributed by atoms with E-state index in [1.54, 1.807) is 4.90 Å². The van der Waals surface area contributed by atoms with Crippen molar-refractivity contribution >= 4 is 40.6 Å². The van der Waals surface area contributed by atoms with E-state index in [1.165, 1.54) is 0 Å². The van der Waals surface area contributed by atoms with Crippen LogP contribution >= 0.6 is 23.8 Å². The molecule has 0 radical (unpaired) electrons. The van der Waals surface area contributed by atoms with Gasteiger partial charge in [0, 0.05) is 10.7 Å². The molecule has 0 aromatic heterocycles. The number of benzene rings is 1. The Bertz CT molecular complexity index is 626. The summed E-state index contributed by atoms with van der Waals surface area (Å²) in [5.74, 6) is 0.160. The Kier molecular flexibility index (Phi) is 5.21. The average molecular weight is 355 g/mol. The third-order valence-electron chi connectivity index (χ3n) is 3.53. The summed E-state index contributed by atoms with van der Waals surface area (Å²) >= 11 is 11.6. The lowest BCUT2D eigenvalue weighted by Crippen LogP contribution is -2.49. The number of nitrogens with zero attached hydrogens (tertiary/aromatic N) is 1. The normalized spacial score (nSPS) is 18.3. The molecule has 1 heterocycles. The lowest BCUT2D eigenvalue weighted by atomic mass is 10.0. The highest BCUT2D eigenvalue weighted by atomic mass is 35.5. The predicted octanol–water partition coefficient (Wildman–Crippen LogP) is 4.85. The molecule has 1 aliphatic heterocycles. The number of nitrogens with one attached hydrogen (secondary N) is 1. The highest BCUT2D eigenvalue weighted by Crippen LogP contribution is 2.30. The number of carbonyl (C=O) groups excluding carboxylic acids is 1. The molecule has 1 aliphatic rings. The van der Waals surface area contributed by atoms with Gasteiger partial charge in [-0.1, -0.05) is 37.7 Å². The number of amides is 1. The summed E-state index contributed by atoms with van der Waals surface area (Å²) < 4.78 is 5.57. The second-order valence-corrected chi connectivity index (χ2v) is 7.96. The van der Waals surface area contributed by atoms with Crippen LogP contribution in [0.1, 0.15) is 40.2 Å². The molecule has 126 valence electrons. The van der Waals surface area contributed by atoms with E-state index < -0.39 is 5.60 Å². The van der Waals surface area contributed by atoms with Crippen LogP contribution in [0.3, 0.4) is 0 Å². The predicted molar refractivity (Wildman–Crippen MR) is 98.1 cm³/mol. The first kappa shape index (κ1) is 18.0. The third kappa shape index (κ3) is 4.36. The molecule has 1 N–H and O–H groups in total. The number of hydrogen-bond donors (Lipinski definition) is 1. The molecule has 0 saturated carbocycles. The molecule has 6 heteroatoms. The first-order valence-corrected chi connectivity index (χ1v) is 8.46. The van der Waals surface area contributed by atoms with E-state index in [0.717, 1.165) is 11.3 Å². The minimum Gasteiger partial charge on any atom is -0.444 e. The SMILES string of the molecule is CC(C)C1C(=S)Nc2ccc(Cl)cc2CN1C(=O)OC(C)(C)C. The molecule has 0 fully saturated rings. The van der Waals surface area contributed by atoms with Gasteiger partial charge >= 0.3 is 6.09 Å². The van der Waals surface area contributed by atoms with Crippen LogP contribution in [0.5, 0.6) is 0 Å². The highest BCUT2D eigenvalue weighted by molar-refractivity contribution is 7.80. The summed E-state index contributed by atoms with van der Waals surface area (Å²) in [5, 5.41) is 3.88. The van der Waals surface area contributed by atoms with Crippen LogP contribution in [0, 0.1) is 5.92 Å². The molecule has 2 rings (SSSR count). The first-order chi connectivity index (χ1) is 10.6. The van der Waals surface area contributed by atoms with Crippen LogP contribution in [0.25, 0.3) is 0 Å². The number of carbonyl (C=O) groups is 1. The maximum Gasteiger partial charge on any atom is 0.411 e. The van der Waals surface area contributed by atoms with E-state index in [1.807, 2.05) is 52.8 Å². The van der Waals surface area contributed by atoms with Gasteiger partial charge in [0.05, 0.1) is 12.6 Å². The van der Waals surface area contributed by atoms with Crippen molar-refractivity contribution in [2.75, 3.05) is 5.32 Å². The monoisotopic (exact) mass is 354 g/mol. The van der Waals surface area contributed by atoms with Crippen LogP contribution in [0.15, 0.2) is 18.2 Å². The zero-order valence-electron chi connectivity index (χ0n) is 14.1. The standard InChI is InChI=1S/C17H23ClN2O2S/c1-10(2)14-15(23)19-13-7-6-12(18)8-11(13)9-20(14)16(21)22-17(3,4)5/h6-8,10,14H,9H2,1-5H3,(H,19,23). The van der Waals surface area contributed by atoms with Crippen molar-refractivity contribution in [2.45, 2.75) is 52.8 Å². The number of thiocarbonyl (C=S) groups is 1. The van der Waals surface area contributed by atoms with E-state index in [2.05, 4.69) is 5.32 Å². The number of hydrogen-bond acceptors (Lipinski definition) is 3. The molecule has 23 heavy (non-hydrogen) atoms. The van der Waals surface area contributed by atoms with Gasteiger partial charge in [-0.05, 0) is 50.5 Å². The van der Waals surface area contributed by atoms with Gasteiger partial charge in [0.1, 0.15) is 10.6 Å². The Morgan fingerprint density at radius 1 is 1.43 bits per heavy atom. The van der Waals surface area contributed by atoms with Gasteiger partial charge < -0.3 is 10.1 Å². The molecule has 1 amide bonds. The summed E-state index contributed by atoms with van der Waals surface area (Å²) in [6, 6.07) is 5.32. The molecular formula is C17H23ClN2O2S. The van der Waals surface area contributed by atoms with Crippen LogP contribution < -0.4 is 5.32 Å².